The number of hydrogen-bond acceptors (Lipinski definition) is 4. The lowest BCUT2D eigenvalue weighted by molar-refractivity contribution is 0.601. The van der Waals surface area contributed by atoms with Crippen molar-refractivity contribution in [1.82, 2.24) is 10.2 Å². The minimum absolute atomic E-state index is 0.138. The molecule has 0 saturated carbocycles. The van der Waals surface area contributed by atoms with Crippen LogP contribution in [-0.4, -0.2) is 18.6 Å². The SMILES string of the molecule is N#CCc1ccc(S(=O)(=O)Nc2ccn[nH]2)cc1. The Morgan fingerprint density at radius 2 is 2.00 bits per heavy atom. The number of hydrogen-bond donors (Lipinski definition) is 2. The van der Waals surface area contributed by atoms with Crippen LogP contribution in [0.4, 0.5) is 5.82 Å². The zero-order chi connectivity index (χ0) is 13.0. The molecule has 0 aliphatic heterocycles. The van der Waals surface area contributed by atoms with Crippen LogP contribution in [0.25, 0.3) is 0 Å². The van der Waals surface area contributed by atoms with Gasteiger partial charge in [0.2, 0.25) is 0 Å². The predicted molar refractivity (Wildman–Crippen MR) is 65.2 cm³/mol. The molecule has 2 N–H and O–H groups in total. The van der Waals surface area contributed by atoms with Gasteiger partial charge in [0.25, 0.3) is 10.0 Å². The van der Waals surface area contributed by atoms with Crippen LogP contribution in [0.2, 0.25) is 0 Å². The Bertz CT molecular complexity index is 654. The molecule has 0 saturated heterocycles. The second-order valence-electron chi connectivity index (χ2n) is 3.55. The molecule has 6 nitrogen and oxygen atoms in total. The van der Waals surface area contributed by atoms with Crippen molar-refractivity contribution in [2.24, 2.45) is 0 Å². The summed E-state index contributed by atoms with van der Waals surface area (Å²) in [6.45, 7) is 0. The van der Waals surface area contributed by atoms with Crippen molar-refractivity contribution in [1.29, 1.82) is 5.26 Å². The van der Waals surface area contributed by atoms with Gasteiger partial charge in [0, 0.05) is 6.07 Å². The van der Waals surface area contributed by atoms with Crippen molar-refractivity contribution in [3.8, 4) is 6.07 Å². The van der Waals surface area contributed by atoms with Crippen LogP contribution in [0, 0.1) is 11.3 Å². The smallest absolute Gasteiger partial charge is 0.263 e. The van der Waals surface area contributed by atoms with Gasteiger partial charge in [-0.2, -0.15) is 10.4 Å². The highest BCUT2D eigenvalue weighted by molar-refractivity contribution is 7.92. The van der Waals surface area contributed by atoms with Gasteiger partial charge in [0.1, 0.15) is 5.82 Å². The number of sulfonamides is 1. The number of nitrogens with zero attached hydrogens (tertiary/aromatic N) is 2. The molecule has 0 fully saturated rings. The van der Waals surface area contributed by atoms with Gasteiger partial charge in [-0.05, 0) is 17.7 Å². The predicted octanol–water partition coefficient (Wildman–Crippen LogP) is 1.28. The molecule has 0 unspecified atom stereocenters. The third kappa shape index (κ3) is 2.67. The van der Waals surface area contributed by atoms with Crippen LogP contribution >= 0.6 is 0 Å². The molecule has 0 aliphatic rings. The van der Waals surface area contributed by atoms with Gasteiger partial charge in [0.15, 0.2) is 0 Å². The van der Waals surface area contributed by atoms with E-state index in [-0.39, 0.29) is 11.3 Å². The summed E-state index contributed by atoms with van der Waals surface area (Å²) >= 11 is 0. The van der Waals surface area contributed by atoms with Crippen molar-refractivity contribution in [3.05, 3.63) is 42.1 Å². The normalized spacial score (nSPS) is 10.8. The molecule has 0 atom stereocenters. The fourth-order valence-corrected chi connectivity index (χ4v) is 2.41. The largest absolute Gasteiger partial charge is 0.264 e. The highest BCUT2D eigenvalue weighted by Gasteiger charge is 2.14. The van der Waals surface area contributed by atoms with Crippen molar-refractivity contribution in [3.63, 3.8) is 0 Å². The second kappa shape index (κ2) is 4.89. The van der Waals surface area contributed by atoms with E-state index in [2.05, 4.69) is 14.9 Å². The summed E-state index contributed by atoms with van der Waals surface area (Å²) in [4.78, 5) is 0.138. The molecule has 0 radical (unpaired) electrons. The molecule has 2 aromatic rings. The van der Waals surface area contributed by atoms with Gasteiger partial charge in [-0.25, -0.2) is 8.42 Å². The molecule has 0 bridgehead atoms. The van der Waals surface area contributed by atoms with E-state index in [1.54, 1.807) is 12.1 Å². The number of H-pyrrole nitrogens is 1. The lowest BCUT2D eigenvalue weighted by atomic mass is 10.2. The van der Waals surface area contributed by atoms with Crippen molar-refractivity contribution < 1.29 is 8.42 Å². The fraction of sp³-hybridized carbons (Fsp3) is 0.0909. The molecule has 18 heavy (non-hydrogen) atoms. The standard InChI is InChI=1S/C11H10N4O2S/c12-7-5-9-1-3-10(4-2-9)18(16,17)15-11-6-8-13-14-11/h1-4,6,8H,5H2,(H2,13,14,15). The quantitative estimate of drug-likeness (QED) is 0.866. The average Bonchev–Trinajstić information content (AvgIpc) is 2.82. The van der Waals surface area contributed by atoms with Gasteiger partial charge in [-0.15, -0.1) is 0 Å². The second-order valence-corrected chi connectivity index (χ2v) is 5.24. The number of nitrogens with one attached hydrogen (secondary N) is 2. The fourth-order valence-electron chi connectivity index (χ4n) is 1.39. The van der Waals surface area contributed by atoms with Crippen LogP contribution in [0.1, 0.15) is 5.56 Å². The Kier molecular flexibility index (Phi) is 3.30. The van der Waals surface area contributed by atoms with Gasteiger partial charge < -0.3 is 0 Å². The van der Waals surface area contributed by atoms with Gasteiger partial charge in [-0.1, -0.05) is 12.1 Å². The number of nitriles is 1. The molecule has 7 heteroatoms. The van der Waals surface area contributed by atoms with Crippen molar-refractivity contribution in [2.75, 3.05) is 4.72 Å². The Labute approximate surface area is 104 Å². The molecule has 1 aromatic heterocycles. The number of aromatic amines is 1. The summed E-state index contributed by atoms with van der Waals surface area (Å²) in [5.41, 5.74) is 0.776. The van der Waals surface area contributed by atoms with Crippen LogP contribution in [0.15, 0.2) is 41.4 Å². The molecule has 0 amide bonds. The first-order chi connectivity index (χ1) is 8.62. The van der Waals surface area contributed by atoms with E-state index in [1.165, 1.54) is 24.4 Å². The van der Waals surface area contributed by atoms with Crippen LogP contribution in [-0.2, 0) is 16.4 Å². The van der Waals surface area contributed by atoms with Gasteiger partial charge in [-0.3, -0.25) is 9.82 Å². The number of rotatable bonds is 4. The van der Waals surface area contributed by atoms with Crippen molar-refractivity contribution >= 4 is 15.8 Å². The van der Waals surface area contributed by atoms with E-state index in [4.69, 9.17) is 5.26 Å². The maximum absolute atomic E-state index is 11.9. The lowest BCUT2D eigenvalue weighted by Crippen LogP contribution is -2.13. The average molecular weight is 262 g/mol. The molecular formula is C11H10N4O2S. The van der Waals surface area contributed by atoms with Crippen LogP contribution in [0.5, 0.6) is 0 Å². The van der Waals surface area contributed by atoms with Crippen LogP contribution < -0.4 is 4.72 Å². The highest BCUT2D eigenvalue weighted by Crippen LogP contribution is 2.14. The van der Waals surface area contributed by atoms with E-state index >= 15 is 0 Å². The minimum atomic E-state index is -3.62. The molecule has 0 aliphatic carbocycles. The van der Waals surface area contributed by atoms with Crippen molar-refractivity contribution in [2.45, 2.75) is 11.3 Å². The van der Waals surface area contributed by atoms with Crippen LogP contribution in [0.3, 0.4) is 0 Å². The van der Waals surface area contributed by atoms with Gasteiger partial charge >= 0.3 is 0 Å². The maximum Gasteiger partial charge on any atom is 0.263 e. The summed E-state index contributed by atoms with van der Waals surface area (Å²) in [6.07, 6.45) is 1.71. The zero-order valence-electron chi connectivity index (χ0n) is 9.29. The molecule has 1 aromatic carbocycles. The first-order valence-corrected chi connectivity index (χ1v) is 6.58. The summed E-state index contributed by atoms with van der Waals surface area (Å²) in [5.74, 6) is 0.302. The zero-order valence-corrected chi connectivity index (χ0v) is 10.1. The molecule has 0 spiro atoms. The Morgan fingerprint density at radius 3 is 2.56 bits per heavy atom. The molecule has 2 rings (SSSR count). The van der Waals surface area contributed by atoms with E-state index in [1.807, 2.05) is 6.07 Å². The Morgan fingerprint density at radius 1 is 1.28 bits per heavy atom. The first kappa shape index (κ1) is 12.1. The Hall–Kier alpha value is -2.33. The monoisotopic (exact) mass is 262 g/mol. The number of benzene rings is 1. The van der Waals surface area contributed by atoms with Gasteiger partial charge in [0.05, 0.1) is 23.6 Å². The summed E-state index contributed by atoms with van der Waals surface area (Å²) in [7, 11) is -3.62. The number of aromatic nitrogens is 2. The highest BCUT2D eigenvalue weighted by atomic mass is 32.2. The van der Waals surface area contributed by atoms with E-state index in [0.717, 1.165) is 5.56 Å². The minimum Gasteiger partial charge on any atom is -0.264 e. The van der Waals surface area contributed by atoms with E-state index in [0.29, 0.717) is 5.82 Å². The van der Waals surface area contributed by atoms with E-state index < -0.39 is 10.0 Å². The summed E-state index contributed by atoms with van der Waals surface area (Å²) < 4.78 is 26.2. The van der Waals surface area contributed by atoms with E-state index in [9.17, 15) is 8.42 Å². The third-order valence-corrected chi connectivity index (χ3v) is 3.64. The first-order valence-electron chi connectivity index (χ1n) is 5.10. The molecule has 1 heterocycles. The topological polar surface area (TPSA) is 98.6 Å². The Balaban J connectivity index is 2.22. The maximum atomic E-state index is 11.9. The molecule has 92 valence electrons. The number of anilines is 1. The molecular weight excluding hydrogens is 252 g/mol. The summed E-state index contributed by atoms with van der Waals surface area (Å²) in [6, 6.07) is 9.67. The lowest BCUT2D eigenvalue weighted by Gasteiger charge is -2.06. The summed E-state index contributed by atoms with van der Waals surface area (Å²) in [5, 5.41) is 14.7. The third-order valence-electron chi connectivity index (χ3n) is 2.26.